The summed E-state index contributed by atoms with van der Waals surface area (Å²) in [5.41, 5.74) is 6.93. The molecule has 1 aliphatic rings. The lowest BCUT2D eigenvalue weighted by atomic mass is 9.68. The smallest absolute Gasteiger partial charge is 0.220 e. The lowest BCUT2D eigenvalue weighted by Crippen LogP contribution is -2.75. The maximum atomic E-state index is 7.38. The molecule has 0 saturated carbocycles. The third-order valence-corrected chi connectivity index (χ3v) is 18.4. The third-order valence-electron chi connectivity index (χ3n) is 12.3. The first-order valence-corrected chi connectivity index (χ1v) is 23.8. The first kappa shape index (κ1) is 35.9. The van der Waals surface area contributed by atoms with Crippen LogP contribution in [-0.4, -0.2) is 40.7 Å². The molecule has 11 heteroatoms. The molecule has 0 bridgehead atoms. The van der Waals surface area contributed by atoms with E-state index in [1.807, 2.05) is 0 Å². The third kappa shape index (κ3) is 5.51. The van der Waals surface area contributed by atoms with Gasteiger partial charge in [-0.25, -0.2) is 15.0 Å². The molecule has 7 aromatic carbocycles. The molecule has 0 unspecified atom stereocenters. The Bertz CT molecular complexity index is 3290. The Morgan fingerprint density at radius 3 is 1.84 bits per heavy atom. The van der Waals surface area contributed by atoms with Gasteiger partial charge in [-0.2, -0.15) is 8.75 Å². The number of rotatable bonds is 9. The average Bonchev–Trinajstić information content (AvgIpc) is 4.15. The van der Waals surface area contributed by atoms with Crippen molar-refractivity contribution in [2.75, 3.05) is 0 Å². The van der Waals surface area contributed by atoms with Crippen molar-refractivity contribution in [3.8, 4) is 17.2 Å². The summed E-state index contributed by atoms with van der Waals surface area (Å²) >= 11 is 2.89. The minimum Gasteiger partial charge on any atom is -0.457 e. The molecule has 12 rings (SSSR count). The van der Waals surface area contributed by atoms with Gasteiger partial charge in [-0.1, -0.05) is 133 Å². The minimum atomic E-state index is -3.25. The number of nitrogens with zero attached hydrogens (tertiary/aromatic N) is 7. The van der Waals surface area contributed by atoms with Gasteiger partial charge in [0.25, 0.3) is 0 Å². The van der Waals surface area contributed by atoms with Crippen molar-refractivity contribution in [1.29, 1.82) is 0 Å². The minimum absolute atomic E-state index is 0.576. The molecular formula is C50H35N7OS2Si. The Hall–Kier alpha value is -7.05. The van der Waals surface area contributed by atoms with Crippen LogP contribution in [0, 0.1) is 0 Å². The number of fused-ring (bicyclic) bond motifs is 7. The Labute approximate surface area is 360 Å². The number of para-hydroxylation sites is 6. The molecule has 0 radical (unpaired) electrons. The second-order valence-corrected chi connectivity index (χ2v) is 21.0. The van der Waals surface area contributed by atoms with Gasteiger partial charge in [0, 0.05) is 35.1 Å². The van der Waals surface area contributed by atoms with Crippen LogP contribution in [-0.2, 0) is 18.3 Å². The van der Waals surface area contributed by atoms with Crippen LogP contribution in [0.5, 0.6) is 11.5 Å². The fourth-order valence-corrected chi connectivity index (χ4v) is 16.0. The van der Waals surface area contributed by atoms with E-state index in [4.69, 9.17) is 19.7 Å². The van der Waals surface area contributed by atoms with Gasteiger partial charge >= 0.3 is 0 Å². The summed E-state index contributed by atoms with van der Waals surface area (Å²) in [6, 6.07) is 63.6. The zero-order valence-electron chi connectivity index (χ0n) is 32.7. The number of hydrogen-bond acceptors (Lipinski definition) is 8. The molecule has 0 spiro atoms. The molecule has 8 nitrogen and oxygen atoms in total. The van der Waals surface area contributed by atoms with E-state index in [2.05, 4.69) is 194 Å². The lowest BCUT2D eigenvalue weighted by Gasteiger charge is -2.43. The average molecular weight is 842 g/mol. The SMILES string of the molecule is c1ccc([Si](c2ccccc2)(c2cccc(-n3c4ccccc4n4c5ccccc5nc34)c2)c2cccc3c2Oc2ccccc2C3(Cc2ncns2)Cc2ncns2)cc1. The number of aromatic nitrogens is 7. The highest BCUT2D eigenvalue weighted by Gasteiger charge is 2.50. The Morgan fingerprint density at radius 1 is 0.541 bits per heavy atom. The molecule has 0 atom stereocenters. The van der Waals surface area contributed by atoms with E-state index in [9.17, 15) is 0 Å². The molecule has 0 N–H and O–H groups in total. The molecule has 61 heavy (non-hydrogen) atoms. The summed E-state index contributed by atoms with van der Waals surface area (Å²) in [5, 5.41) is 6.81. The summed E-state index contributed by atoms with van der Waals surface area (Å²) in [7, 11) is -3.25. The van der Waals surface area contributed by atoms with E-state index >= 15 is 0 Å². The van der Waals surface area contributed by atoms with Crippen LogP contribution in [0.3, 0.4) is 0 Å². The second kappa shape index (κ2) is 14.3. The number of ether oxygens (including phenoxy) is 1. The Morgan fingerprint density at radius 2 is 1.13 bits per heavy atom. The van der Waals surface area contributed by atoms with E-state index < -0.39 is 13.5 Å². The zero-order chi connectivity index (χ0) is 40.4. The molecule has 0 amide bonds. The normalized spacial score (nSPS) is 13.3. The van der Waals surface area contributed by atoms with Crippen LogP contribution in [0.25, 0.3) is 33.5 Å². The Kier molecular flexibility index (Phi) is 8.41. The van der Waals surface area contributed by atoms with Gasteiger partial charge in [-0.15, -0.1) is 0 Å². The first-order valence-electron chi connectivity index (χ1n) is 20.2. The van der Waals surface area contributed by atoms with E-state index in [1.165, 1.54) is 43.8 Å². The van der Waals surface area contributed by atoms with Crippen molar-refractivity contribution in [1.82, 2.24) is 32.7 Å². The van der Waals surface area contributed by atoms with E-state index in [0.29, 0.717) is 12.8 Å². The van der Waals surface area contributed by atoms with Crippen LogP contribution in [0.2, 0.25) is 0 Å². The molecule has 11 aromatic rings. The summed E-state index contributed by atoms with van der Waals surface area (Å²) in [6.45, 7) is 0. The zero-order valence-corrected chi connectivity index (χ0v) is 35.3. The fourth-order valence-electron chi connectivity index (χ4n) is 9.86. The summed E-state index contributed by atoms with van der Waals surface area (Å²) < 4.78 is 20.9. The maximum absolute atomic E-state index is 7.38. The van der Waals surface area contributed by atoms with Gasteiger partial charge < -0.3 is 4.74 Å². The predicted octanol–water partition coefficient (Wildman–Crippen LogP) is 8.39. The van der Waals surface area contributed by atoms with Crippen LogP contribution in [0.1, 0.15) is 21.1 Å². The first-order chi connectivity index (χ1) is 30.2. The van der Waals surface area contributed by atoms with Gasteiger partial charge in [0.15, 0.2) is 8.07 Å². The van der Waals surface area contributed by atoms with E-state index in [1.54, 1.807) is 12.7 Å². The van der Waals surface area contributed by atoms with Gasteiger partial charge in [0.2, 0.25) is 5.78 Å². The molecule has 0 fully saturated rings. The molecule has 1 aliphatic heterocycles. The van der Waals surface area contributed by atoms with Crippen molar-refractivity contribution in [2.24, 2.45) is 0 Å². The van der Waals surface area contributed by atoms with Crippen molar-refractivity contribution in [3.63, 3.8) is 0 Å². The molecule has 292 valence electrons. The van der Waals surface area contributed by atoms with Crippen LogP contribution < -0.4 is 25.5 Å². The quantitative estimate of drug-likeness (QED) is 0.107. The second-order valence-electron chi connectivity index (χ2n) is 15.5. The van der Waals surface area contributed by atoms with Crippen molar-refractivity contribution >= 4 is 79.7 Å². The predicted molar refractivity (Wildman–Crippen MR) is 248 cm³/mol. The number of imidazole rings is 2. The highest BCUT2D eigenvalue weighted by molar-refractivity contribution is 7.20. The van der Waals surface area contributed by atoms with E-state index in [0.717, 1.165) is 66.2 Å². The van der Waals surface area contributed by atoms with Crippen molar-refractivity contribution < 1.29 is 4.74 Å². The van der Waals surface area contributed by atoms with E-state index in [-0.39, 0.29) is 0 Å². The highest BCUT2D eigenvalue weighted by Crippen LogP contribution is 2.51. The van der Waals surface area contributed by atoms with Crippen LogP contribution in [0.15, 0.2) is 189 Å². The van der Waals surface area contributed by atoms with Crippen molar-refractivity contribution in [2.45, 2.75) is 18.3 Å². The number of hydrogen-bond donors (Lipinski definition) is 0. The molecule has 5 heterocycles. The van der Waals surface area contributed by atoms with Gasteiger partial charge in [0.1, 0.15) is 34.2 Å². The Balaban J connectivity index is 1.17. The van der Waals surface area contributed by atoms with Gasteiger partial charge in [0.05, 0.1) is 22.1 Å². The fraction of sp³-hybridized carbons (Fsp3) is 0.0600. The maximum Gasteiger partial charge on any atom is 0.220 e. The largest absolute Gasteiger partial charge is 0.457 e. The topological polar surface area (TPSA) is 83.0 Å². The van der Waals surface area contributed by atoms with Gasteiger partial charge in [-0.05, 0) is 86.3 Å². The van der Waals surface area contributed by atoms with Crippen LogP contribution in [0.4, 0.5) is 0 Å². The lowest BCUT2D eigenvalue weighted by molar-refractivity contribution is 0.387. The summed E-state index contributed by atoms with van der Waals surface area (Å²) in [4.78, 5) is 14.8. The standard InChI is InChI=1S/C50H35N7OS2Si/c1-3-16-35(17-4-1)61(36-18-5-2-6-19-36,37-20-13-15-34(29-37)56-42-25-10-11-26-43(42)57-41-24-9-8-23-40(41)55-49(56)57)45-28-14-22-39-48(45)58-44-27-12-7-21-38(44)50(39,30-46-51-32-53-59-46)31-47-52-33-54-60-47/h1-29,32-33H,30-31H2. The van der Waals surface area contributed by atoms with Crippen molar-refractivity contribution in [3.05, 3.63) is 210 Å². The summed E-state index contributed by atoms with van der Waals surface area (Å²) in [5.74, 6) is 2.59. The molecular weight excluding hydrogens is 807 g/mol. The van der Waals surface area contributed by atoms with Gasteiger partial charge in [-0.3, -0.25) is 8.97 Å². The summed E-state index contributed by atoms with van der Waals surface area (Å²) in [6.07, 6.45) is 4.57. The molecule has 0 saturated heterocycles. The molecule has 0 aliphatic carbocycles. The highest BCUT2D eigenvalue weighted by atomic mass is 32.1. The number of benzene rings is 7. The molecule has 4 aromatic heterocycles. The van der Waals surface area contributed by atoms with Crippen LogP contribution >= 0.6 is 23.1 Å². The monoisotopic (exact) mass is 841 g/mol.